The number of hydrogen-bond acceptors (Lipinski definition) is 4. The van der Waals surface area contributed by atoms with Crippen molar-refractivity contribution in [2.45, 2.75) is 23.9 Å². The first-order chi connectivity index (χ1) is 15.8. The van der Waals surface area contributed by atoms with Gasteiger partial charge in [-0.05, 0) is 35.9 Å². The average Bonchev–Trinajstić information content (AvgIpc) is 2.80. The van der Waals surface area contributed by atoms with Gasteiger partial charge in [-0.2, -0.15) is 0 Å². The number of halogens is 2. The number of rotatable bonds is 6. The Morgan fingerprint density at radius 3 is 2.45 bits per heavy atom. The zero-order valence-corrected chi connectivity index (χ0v) is 19.5. The molecule has 0 spiro atoms. The molecular formula is C23H19Cl2N3O4S. The molecule has 0 fully saturated rings. The zero-order chi connectivity index (χ0) is 23.6. The number of carbonyl (C=O) groups is 2. The molecule has 0 saturated heterocycles. The Hall–Kier alpha value is -3.07. The van der Waals surface area contributed by atoms with Gasteiger partial charge in [0.05, 0.1) is 22.8 Å². The van der Waals surface area contributed by atoms with Crippen LogP contribution in [-0.4, -0.2) is 26.3 Å². The van der Waals surface area contributed by atoms with Gasteiger partial charge >= 0.3 is 0 Å². The molecule has 0 unspecified atom stereocenters. The molecule has 0 bridgehead atoms. The molecule has 1 atom stereocenters. The van der Waals surface area contributed by atoms with Crippen LogP contribution in [0.3, 0.4) is 0 Å². The molecule has 33 heavy (non-hydrogen) atoms. The smallest absolute Gasteiger partial charge is 0.266 e. The summed E-state index contributed by atoms with van der Waals surface area (Å²) in [6, 6.07) is 18.4. The lowest BCUT2D eigenvalue weighted by Gasteiger charge is -2.36. The Bertz CT molecular complexity index is 1320. The molecule has 2 N–H and O–H groups in total. The van der Waals surface area contributed by atoms with Crippen molar-refractivity contribution in [3.05, 3.63) is 88.4 Å². The Morgan fingerprint density at radius 2 is 1.70 bits per heavy atom. The van der Waals surface area contributed by atoms with Gasteiger partial charge < -0.3 is 10.6 Å². The minimum Gasteiger partial charge on any atom is -0.352 e. The number of amides is 2. The van der Waals surface area contributed by atoms with Crippen LogP contribution in [0.2, 0.25) is 10.0 Å². The zero-order valence-electron chi connectivity index (χ0n) is 17.2. The summed E-state index contributed by atoms with van der Waals surface area (Å²) in [6.07, 6.45) is -0.385. The number of benzene rings is 3. The van der Waals surface area contributed by atoms with Crippen LogP contribution in [0.15, 0.2) is 77.7 Å². The summed E-state index contributed by atoms with van der Waals surface area (Å²) in [6.45, 7) is 0.247. The maximum atomic E-state index is 13.7. The van der Waals surface area contributed by atoms with Gasteiger partial charge in [-0.3, -0.25) is 13.9 Å². The third-order valence-corrected chi connectivity index (χ3v) is 7.67. The van der Waals surface area contributed by atoms with E-state index in [0.717, 1.165) is 9.87 Å². The number of nitrogens with one attached hydrogen (secondary N) is 2. The molecule has 170 valence electrons. The Morgan fingerprint density at radius 1 is 1.00 bits per heavy atom. The van der Waals surface area contributed by atoms with Crippen LogP contribution in [0.4, 0.5) is 11.4 Å². The first-order valence-corrected chi connectivity index (χ1v) is 12.2. The lowest BCUT2D eigenvalue weighted by atomic mass is 10.1. The van der Waals surface area contributed by atoms with E-state index >= 15 is 0 Å². The highest BCUT2D eigenvalue weighted by molar-refractivity contribution is 7.93. The molecule has 1 aliphatic heterocycles. The molecule has 0 aliphatic carbocycles. The molecule has 2 amide bonds. The lowest BCUT2D eigenvalue weighted by Crippen LogP contribution is -2.52. The normalized spacial score (nSPS) is 15.5. The number of anilines is 2. The summed E-state index contributed by atoms with van der Waals surface area (Å²) >= 11 is 12.2. The number of nitrogens with zero attached hydrogens (tertiary/aromatic N) is 1. The average molecular weight is 504 g/mol. The number of carbonyl (C=O) groups excluding carboxylic acids is 2. The minimum absolute atomic E-state index is 0.0462. The SMILES string of the molecule is O=C(C[C@@H]1C(=O)Nc2ccccc2N1S(=O)(=O)c1cc(Cl)ccc1Cl)NCc1ccccc1. The van der Waals surface area contributed by atoms with Crippen molar-refractivity contribution in [2.75, 3.05) is 9.62 Å². The Labute approximate surface area is 201 Å². The van der Waals surface area contributed by atoms with Crippen molar-refractivity contribution in [1.82, 2.24) is 5.32 Å². The predicted octanol–water partition coefficient (Wildman–Crippen LogP) is 4.22. The second-order valence-electron chi connectivity index (χ2n) is 7.36. The fraction of sp³-hybridized carbons (Fsp3) is 0.130. The quantitative estimate of drug-likeness (QED) is 0.526. The largest absolute Gasteiger partial charge is 0.352 e. The monoisotopic (exact) mass is 503 g/mol. The van der Waals surface area contributed by atoms with Gasteiger partial charge in [0.1, 0.15) is 10.9 Å². The van der Waals surface area contributed by atoms with E-state index in [0.29, 0.717) is 5.69 Å². The van der Waals surface area contributed by atoms with E-state index in [1.807, 2.05) is 30.3 Å². The third kappa shape index (κ3) is 4.83. The van der Waals surface area contributed by atoms with Crippen LogP contribution in [0, 0.1) is 0 Å². The van der Waals surface area contributed by atoms with Gasteiger partial charge in [-0.15, -0.1) is 0 Å². The molecule has 3 aromatic carbocycles. The molecule has 0 saturated carbocycles. The van der Waals surface area contributed by atoms with Crippen LogP contribution in [0.5, 0.6) is 0 Å². The summed E-state index contributed by atoms with van der Waals surface area (Å²) in [5, 5.41) is 5.55. The molecule has 0 radical (unpaired) electrons. The maximum Gasteiger partial charge on any atom is 0.266 e. The topological polar surface area (TPSA) is 95.6 Å². The standard InChI is InChI=1S/C23H19Cl2N3O4S/c24-16-10-11-17(25)21(12-16)33(31,32)28-19-9-5-4-8-18(19)27-23(30)20(28)13-22(29)26-14-15-6-2-1-3-7-15/h1-12,20H,13-14H2,(H,26,29)(H,27,30)/t20-/m1/s1. The maximum absolute atomic E-state index is 13.7. The van der Waals surface area contributed by atoms with E-state index in [9.17, 15) is 18.0 Å². The highest BCUT2D eigenvalue weighted by atomic mass is 35.5. The molecule has 1 heterocycles. The van der Waals surface area contributed by atoms with Gasteiger partial charge in [0, 0.05) is 11.6 Å². The van der Waals surface area contributed by atoms with Crippen molar-refractivity contribution in [1.29, 1.82) is 0 Å². The lowest BCUT2D eigenvalue weighted by molar-refractivity contribution is -0.125. The van der Waals surface area contributed by atoms with E-state index in [2.05, 4.69) is 10.6 Å². The van der Waals surface area contributed by atoms with E-state index in [1.165, 1.54) is 18.2 Å². The second-order valence-corrected chi connectivity index (χ2v) is 9.99. The molecule has 0 aromatic heterocycles. The molecular weight excluding hydrogens is 485 g/mol. The van der Waals surface area contributed by atoms with E-state index in [1.54, 1.807) is 24.3 Å². The fourth-order valence-corrected chi connectivity index (χ4v) is 5.93. The van der Waals surface area contributed by atoms with Gasteiger partial charge in [0.25, 0.3) is 10.0 Å². The number of fused-ring (bicyclic) bond motifs is 1. The van der Waals surface area contributed by atoms with E-state index < -0.39 is 27.9 Å². The summed E-state index contributed by atoms with van der Waals surface area (Å²) < 4.78 is 28.4. The second kappa shape index (κ2) is 9.43. The van der Waals surface area contributed by atoms with Crippen molar-refractivity contribution in [2.24, 2.45) is 0 Å². The van der Waals surface area contributed by atoms with Crippen LogP contribution in [0.1, 0.15) is 12.0 Å². The summed E-state index contributed by atoms with van der Waals surface area (Å²) in [4.78, 5) is 25.4. The first-order valence-electron chi connectivity index (χ1n) is 9.97. The van der Waals surface area contributed by atoms with Crippen molar-refractivity contribution >= 4 is 56.4 Å². The summed E-state index contributed by atoms with van der Waals surface area (Å²) in [7, 11) is -4.35. The Kier molecular flexibility index (Phi) is 6.60. The Balaban J connectivity index is 1.70. The van der Waals surface area contributed by atoms with Crippen molar-refractivity contribution in [3.63, 3.8) is 0 Å². The summed E-state index contributed by atoms with van der Waals surface area (Å²) in [5.41, 5.74) is 1.42. The summed E-state index contributed by atoms with van der Waals surface area (Å²) in [5.74, 6) is -1.10. The van der Waals surface area contributed by atoms with Gasteiger partial charge in [0.2, 0.25) is 11.8 Å². The number of hydrogen-bond donors (Lipinski definition) is 2. The molecule has 4 rings (SSSR count). The van der Waals surface area contributed by atoms with Crippen molar-refractivity contribution < 1.29 is 18.0 Å². The first kappa shape index (κ1) is 23.1. The third-order valence-electron chi connectivity index (χ3n) is 5.13. The van der Waals surface area contributed by atoms with Gasteiger partial charge in [-0.1, -0.05) is 65.7 Å². The number of para-hydroxylation sites is 2. The highest BCUT2D eigenvalue weighted by Crippen LogP contribution is 2.39. The fourth-order valence-electron chi connectivity index (χ4n) is 3.56. The molecule has 1 aliphatic rings. The number of sulfonamides is 1. The minimum atomic E-state index is -4.35. The molecule has 7 nitrogen and oxygen atoms in total. The van der Waals surface area contributed by atoms with Crippen LogP contribution in [0.25, 0.3) is 0 Å². The van der Waals surface area contributed by atoms with E-state index in [-0.39, 0.29) is 33.6 Å². The molecule has 3 aromatic rings. The van der Waals surface area contributed by atoms with Gasteiger partial charge in [0.15, 0.2) is 0 Å². The van der Waals surface area contributed by atoms with Crippen LogP contribution in [-0.2, 0) is 26.2 Å². The molecule has 10 heteroatoms. The van der Waals surface area contributed by atoms with Gasteiger partial charge in [-0.25, -0.2) is 8.42 Å². The van der Waals surface area contributed by atoms with Crippen LogP contribution < -0.4 is 14.9 Å². The van der Waals surface area contributed by atoms with E-state index in [4.69, 9.17) is 23.2 Å². The van der Waals surface area contributed by atoms with Crippen molar-refractivity contribution in [3.8, 4) is 0 Å². The van der Waals surface area contributed by atoms with Crippen LogP contribution >= 0.6 is 23.2 Å². The predicted molar refractivity (Wildman–Crippen MR) is 128 cm³/mol. The highest BCUT2D eigenvalue weighted by Gasteiger charge is 2.42.